The van der Waals surface area contributed by atoms with E-state index in [9.17, 15) is 0 Å². The Morgan fingerprint density at radius 2 is 2.15 bits per heavy atom. The monoisotopic (exact) mass is 306 g/mol. The van der Waals surface area contributed by atoms with Gasteiger partial charge >= 0.3 is 0 Å². The number of hydrogen-bond acceptors (Lipinski definition) is 5. The summed E-state index contributed by atoms with van der Waals surface area (Å²) in [5.74, 6) is 7.79. The van der Waals surface area contributed by atoms with E-state index in [0.29, 0.717) is 27.5 Å². The maximum atomic E-state index is 5.97. The predicted octanol–water partition coefficient (Wildman–Crippen LogP) is 3.20. The van der Waals surface area contributed by atoms with Crippen LogP contribution in [0.4, 0.5) is 0 Å². The zero-order valence-corrected chi connectivity index (χ0v) is 11.9. The summed E-state index contributed by atoms with van der Waals surface area (Å²) in [5.41, 5.74) is 1.10. The second-order valence-electron chi connectivity index (χ2n) is 4.07. The van der Waals surface area contributed by atoms with Crippen LogP contribution in [0.5, 0.6) is 0 Å². The van der Waals surface area contributed by atoms with Crippen LogP contribution >= 0.6 is 23.4 Å². The predicted molar refractivity (Wildman–Crippen MR) is 78.9 cm³/mol. The molecule has 5 nitrogen and oxygen atoms in total. The zero-order chi connectivity index (χ0) is 13.9. The van der Waals surface area contributed by atoms with Crippen LogP contribution in [0.3, 0.4) is 0 Å². The van der Waals surface area contributed by atoms with E-state index in [1.807, 2.05) is 24.3 Å². The lowest BCUT2D eigenvalue weighted by atomic mass is 10.2. The highest BCUT2D eigenvalue weighted by atomic mass is 35.5. The molecule has 0 bridgehead atoms. The van der Waals surface area contributed by atoms with Crippen LogP contribution in [0.15, 0.2) is 52.2 Å². The maximum Gasteiger partial charge on any atom is 0.218 e. The van der Waals surface area contributed by atoms with Gasteiger partial charge in [-0.2, -0.15) is 0 Å². The van der Waals surface area contributed by atoms with Crippen molar-refractivity contribution >= 4 is 23.4 Å². The van der Waals surface area contributed by atoms with Gasteiger partial charge in [-0.3, -0.25) is 0 Å². The quantitative estimate of drug-likeness (QED) is 0.592. The molecule has 102 valence electrons. The number of furan rings is 1. The first-order valence-corrected chi connectivity index (χ1v) is 7.22. The summed E-state index contributed by atoms with van der Waals surface area (Å²) < 4.78 is 6.69. The van der Waals surface area contributed by atoms with Crippen molar-refractivity contribution in [2.45, 2.75) is 10.9 Å². The van der Waals surface area contributed by atoms with Crippen LogP contribution in [0.2, 0.25) is 5.02 Å². The molecule has 0 saturated heterocycles. The van der Waals surface area contributed by atoms with Gasteiger partial charge in [-0.25, -0.2) is 4.68 Å². The first-order chi connectivity index (χ1) is 9.74. The van der Waals surface area contributed by atoms with Crippen LogP contribution < -0.4 is 5.84 Å². The molecule has 0 saturated carbocycles. The van der Waals surface area contributed by atoms with Crippen molar-refractivity contribution in [2.24, 2.45) is 0 Å². The number of halogens is 1. The molecule has 0 aliphatic heterocycles. The van der Waals surface area contributed by atoms with Gasteiger partial charge in [-0.1, -0.05) is 35.5 Å². The third-order valence-corrected chi connectivity index (χ3v) is 3.91. The molecule has 7 heteroatoms. The molecule has 0 aliphatic carbocycles. The van der Waals surface area contributed by atoms with E-state index in [2.05, 4.69) is 10.2 Å². The molecule has 0 amide bonds. The van der Waals surface area contributed by atoms with Crippen molar-refractivity contribution in [3.8, 4) is 11.6 Å². The Balaban J connectivity index is 1.76. The van der Waals surface area contributed by atoms with Crippen LogP contribution in [-0.2, 0) is 5.75 Å². The average molecular weight is 307 g/mol. The lowest BCUT2D eigenvalue weighted by molar-refractivity contribution is 0.574. The lowest BCUT2D eigenvalue weighted by Crippen LogP contribution is -2.11. The molecule has 3 rings (SSSR count). The van der Waals surface area contributed by atoms with Gasteiger partial charge in [0.1, 0.15) is 0 Å². The van der Waals surface area contributed by atoms with E-state index in [-0.39, 0.29) is 0 Å². The Bertz CT molecular complexity index is 711. The molecule has 0 aliphatic rings. The SMILES string of the molecule is Nn1c(SCc2cccc(Cl)c2)nnc1-c1ccco1. The van der Waals surface area contributed by atoms with E-state index in [1.165, 1.54) is 16.4 Å². The number of nitrogens with zero attached hydrogens (tertiary/aromatic N) is 3. The molecule has 20 heavy (non-hydrogen) atoms. The summed E-state index contributed by atoms with van der Waals surface area (Å²) in [6.07, 6.45) is 1.57. The zero-order valence-electron chi connectivity index (χ0n) is 10.4. The van der Waals surface area contributed by atoms with Gasteiger partial charge in [0.05, 0.1) is 6.26 Å². The summed E-state index contributed by atoms with van der Waals surface area (Å²) in [4.78, 5) is 0. The van der Waals surface area contributed by atoms with Crippen molar-refractivity contribution in [1.29, 1.82) is 0 Å². The number of rotatable bonds is 4. The van der Waals surface area contributed by atoms with Crippen LogP contribution in [-0.4, -0.2) is 14.9 Å². The first-order valence-electron chi connectivity index (χ1n) is 5.85. The summed E-state index contributed by atoms with van der Waals surface area (Å²) in [6, 6.07) is 11.3. The average Bonchev–Trinajstić information content (AvgIpc) is 3.06. The van der Waals surface area contributed by atoms with E-state index in [0.717, 1.165) is 5.56 Å². The van der Waals surface area contributed by atoms with Crippen molar-refractivity contribution in [3.05, 3.63) is 53.2 Å². The van der Waals surface area contributed by atoms with Gasteiger partial charge in [0.25, 0.3) is 0 Å². The van der Waals surface area contributed by atoms with Gasteiger partial charge in [-0.05, 0) is 29.8 Å². The van der Waals surface area contributed by atoms with Gasteiger partial charge < -0.3 is 10.3 Å². The summed E-state index contributed by atoms with van der Waals surface area (Å²) in [6.45, 7) is 0. The topological polar surface area (TPSA) is 69.9 Å². The van der Waals surface area contributed by atoms with Crippen molar-refractivity contribution in [1.82, 2.24) is 14.9 Å². The maximum absolute atomic E-state index is 5.97. The van der Waals surface area contributed by atoms with Crippen LogP contribution in [0.25, 0.3) is 11.6 Å². The van der Waals surface area contributed by atoms with E-state index >= 15 is 0 Å². The fraction of sp³-hybridized carbons (Fsp3) is 0.0769. The number of thioether (sulfide) groups is 1. The molecular weight excluding hydrogens is 296 g/mol. The first kappa shape index (κ1) is 13.1. The number of nitrogens with two attached hydrogens (primary N) is 1. The Morgan fingerprint density at radius 1 is 1.25 bits per heavy atom. The molecule has 0 fully saturated rings. The molecule has 0 unspecified atom stereocenters. The highest BCUT2D eigenvalue weighted by molar-refractivity contribution is 7.98. The molecular formula is C13H11ClN4OS. The summed E-state index contributed by atoms with van der Waals surface area (Å²) in [5, 5.41) is 9.44. The number of hydrogen-bond donors (Lipinski definition) is 1. The van der Waals surface area contributed by atoms with Crippen LogP contribution in [0, 0.1) is 0 Å². The highest BCUT2D eigenvalue weighted by Gasteiger charge is 2.14. The van der Waals surface area contributed by atoms with Gasteiger partial charge in [0, 0.05) is 10.8 Å². The van der Waals surface area contributed by atoms with E-state index in [4.69, 9.17) is 21.9 Å². The fourth-order valence-corrected chi connectivity index (χ4v) is 2.74. The Hall–Kier alpha value is -1.92. The third kappa shape index (κ3) is 2.66. The van der Waals surface area contributed by atoms with Crippen molar-refractivity contribution in [3.63, 3.8) is 0 Å². The molecule has 0 atom stereocenters. The minimum atomic E-state index is 0.503. The second-order valence-corrected chi connectivity index (χ2v) is 5.45. The minimum absolute atomic E-state index is 0.503. The fourth-order valence-electron chi connectivity index (χ4n) is 1.72. The number of nitrogen functional groups attached to an aromatic ring is 1. The van der Waals surface area contributed by atoms with Gasteiger partial charge in [0.15, 0.2) is 5.76 Å². The highest BCUT2D eigenvalue weighted by Crippen LogP contribution is 2.25. The molecule has 0 radical (unpaired) electrons. The standard InChI is InChI=1S/C13H11ClN4OS/c14-10-4-1-3-9(7-10)8-20-13-17-16-12(18(13)15)11-5-2-6-19-11/h1-7H,8,15H2. The van der Waals surface area contributed by atoms with Gasteiger partial charge in [-0.15, -0.1) is 10.2 Å². The number of benzene rings is 1. The molecule has 2 heterocycles. The molecule has 2 N–H and O–H groups in total. The third-order valence-electron chi connectivity index (χ3n) is 2.66. The summed E-state index contributed by atoms with van der Waals surface area (Å²) in [7, 11) is 0. The summed E-state index contributed by atoms with van der Waals surface area (Å²) >= 11 is 7.44. The molecule has 0 spiro atoms. The Kier molecular flexibility index (Phi) is 3.66. The smallest absolute Gasteiger partial charge is 0.218 e. The van der Waals surface area contributed by atoms with Crippen molar-refractivity contribution < 1.29 is 4.42 Å². The normalized spacial score (nSPS) is 10.8. The second kappa shape index (κ2) is 5.60. The Labute approximate surface area is 124 Å². The molecule has 2 aromatic heterocycles. The van der Waals surface area contributed by atoms with E-state index < -0.39 is 0 Å². The number of aromatic nitrogens is 3. The minimum Gasteiger partial charge on any atom is -0.461 e. The van der Waals surface area contributed by atoms with Gasteiger partial charge in [0.2, 0.25) is 11.0 Å². The van der Waals surface area contributed by atoms with Crippen LogP contribution in [0.1, 0.15) is 5.56 Å². The lowest BCUT2D eigenvalue weighted by Gasteiger charge is -2.02. The molecule has 1 aromatic carbocycles. The molecule has 3 aromatic rings. The Morgan fingerprint density at radius 3 is 2.90 bits per heavy atom. The van der Waals surface area contributed by atoms with E-state index in [1.54, 1.807) is 18.4 Å². The largest absolute Gasteiger partial charge is 0.461 e. The van der Waals surface area contributed by atoms with Crippen molar-refractivity contribution in [2.75, 3.05) is 5.84 Å².